The molecule has 160 valence electrons. The fourth-order valence-corrected chi connectivity index (χ4v) is 3.49. The third kappa shape index (κ3) is 4.55. The number of nitrogens with zero attached hydrogens (tertiary/aromatic N) is 2. The van der Waals surface area contributed by atoms with Crippen LogP contribution in [0.2, 0.25) is 0 Å². The van der Waals surface area contributed by atoms with Crippen molar-refractivity contribution in [3.05, 3.63) is 48.0 Å². The molecule has 0 aromatic heterocycles. The molecule has 0 bridgehead atoms. The van der Waals surface area contributed by atoms with Crippen molar-refractivity contribution in [3.8, 4) is 11.5 Å². The Balaban J connectivity index is 1.35. The molecule has 2 aliphatic heterocycles. The Morgan fingerprint density at radius 2 is 1.67 bits per heavy atom. The lowest BCUT2D eigenvalue weighted by molar-refractivity contribution is -0.137. The van der Waals surface area contributed by atoms with E-state index in [9.17, 15) is 18.0 Å². The molecule has 0 unspecified atom stereocenters. The predicted molar refractivity (Wildman–Crippen MR) is 106 cm³/mol. The van der Waals surface area contributed by atoms with Gasteiger partial charge in [0, 0.05) is 50.0 Å². The summed E-state index contributed by atoms with van der Waals surface area (Å²) in [6.45, 7) is 2.88. The monoisotopic (exact) mass is 421 g/mol. The van der Waals surface area contributed by atoms with Crippen LogP contribution in [-0.4, -0.2) is 50.3 Å². The summed E-state index contributed by atoms with van der Waals surface area (Å²) in [5.41, 5.74) is 0.437. The van der Waals surface area contributed by atoms with Gasteiger partial charge in [-0.05, 0) is 30.3 Å². The third-order valence-electron chi connectivity index (χ3n) is 5.10. The number of carbonyl (C=O) groups excluding carboxylic acids is 1. The fourth-order valence-electron chi connectivity index (χ4n) is 3.49. The maximum Gasteiger partial charge on any atom is 0.416 e. The molecule has 1 fully saturated rings. The number of hydrogen-bond acceptors (Lipinski definition) is 4. The van der Waals surface area contributed by atoms with E-state index in [1.165, 1.54) is 6.07 Å². The summed E-state index contributed by atoms with van der Waals surface area (Å²) in [5, 5.41) is 2.85. The largest absolute Gasteiger partial charge is 0.490 e. The third-order valence-corrected chi connectivity index (χ3v) is 5.10. The van der Waals surface area contributed by atoms with Crippen LogP contribution in [0.15, 0.2) is 42.5 Å². The summed E-state index contributed by atoms with van der Waals surface area (Å²) < 4.78 is 50.0. The van der Waals surface area contributed by atoms with Gasteiger partial charge in [0.25, 0.3) is 0 Å². The average molecular weight is 421 g/mol. The lowest BCUT2D eigenvalue weighted by Crippen LogP contribution is -2.50. The summed E-state index contributed by atoms with van der Waals surface area (Å²) in [7, 11) is 0. The summed E-state index contributed by atoms with van der Waals surface area (Å²) in [5.74, 6) is 1.25. The number of urea groups is 1. The number of amides is 2. The quantitative estimate of drug-likeness (QED) is 0.789. The van der Waals surface area contributed by atoms with Gasteiger partial charge in [-0.2, -0.15) is 13.2 Å². The Kier molecular flexibility index (Phi) is 5.61. The van der Waals surface area contributed by atoms with Crippen LogP contribution in [-0.2, 0) is 6.18 Å². The molecule has 1 N–H and O–H groups in total. The van der Waals surface area contributed by atoms with Crippen molar-refractivity contribution < 1.29 is 27.4 Å². The number of fused-ring (bicyclic) bond motifs is 1. The number of carbonyl (C=O) groups is 1. The second-order valence-corrected chi connectivity index (χ2v) is 7.16. The van der Waals surface area contributed by atoms with Crippen LogP contribution in [0, 0.1) is 0 Å². The first-order valence-electron chi connectivity index (χ1n) is 9.78. The molecule has 0 spiro atoms. The zero-order valence-corrected chi connectivity index (χ0v) is 16.2. The van der Waals surface area contributed by atoms with Crippen molar-refractivity contribution >= 4 is 17.4 Å². The molecule has 0 saturated carbocycles. The van der Waals surface area contributed by atoms with Gasteiger partial charge < -0.3 is 24.6 Å². The fraction of sp³-hybridized carbons (Fsp3) is 0.381. The van der Waals surface area contributed by atoms with Crippen LogP contribution in [0.3, 0.4) is 0 Å². The summed E-state index contributed by atoms with van der Waals surface area (Å²) in [4.78, 5) is 16.1. The molecule has 2 aliphatic rings. The zero-order chi connectivity index (χ0) is 21.1. The van der Waals surface area contributed by atoms with Gasteiger partial charge in [-0.25, -0.2) is 4.79 Å². The molecular weight excluding hydrogens is 399 g/mol. The van der Waals surface area contributed by atoms with Gasteiger partial charge in [-0.3, -0.25) is 0 Å². The number of hydrogen-bond donors (Lipinski definition) is 1. The van der Waals surface area contributed by atoms with Gasteiger partial charge in [0.1, 0.15) is 0 Å². The van der Waals surface area contributed by atoms with E-state index in [1.54, 1.807) is 29.2 Å². The van der Waals surface area contributed by atoms with Crippen LogP contribution in [0.5, 0.6) is 11.5 Å². The highest BCUT2D eigenvalue weighted by Crippen LogP contribution is 2.33. The zero-order valence-electron chi connectivity index (χ0n) is 16.2. The van der Waals surface area contributed by atoms with Crippen LogP contribution in [0.1, 0.15) is 12.0 Å². The predicted octanol–water partition coefficient (Wildman–Crippen LogP) is 4.22. The number of ether oxygens (including phenoxy) is 2. The van der Waals surface area contributed by atoms with Crippen LogP contribution in [0.25, 0.3) is 0 Å². The van der Waals surface area contributed by atoms with E-state index >= 15 is 0 Å². The second kappa shape index (κ2) is 8.33. The molecule has 0 atom stereocenters. The minimum Gasteiger partial charge on any atom is -0.490 e. The molecule has 2 amide bonds. The molecule has 2 heterocycles. The second-order valence-electron chi connectivity index (χ2n) is 7.16. The Morgan fingerprint density at radius 3 is 2.40 bits per heavy atom. The molecule has 9 heteroatoms. The van der Waals surface area contributed by atoms with E-state index in [-0.39, 0.29) is 6.03 Å². The number of anilines is 2. The van der Waals surface area contributed by atoms with Crippen molar-refractivity contribution in [2.75, 3.05) is 49.6 Å². The molecule has 1 saturated heterocycles. The standard InChI is InChI=1S/C21H22F3N3O3/c22-21(23,24)15-3-1-4-17(13-15)26-7-9-27(10-8-26)20(28)25-16-5-6-18-19(14-16)30-12-2-11-29-18/h1,3-6,13-14H,2,7-12H2,(H,25,28). The number of nitrogens with one attached hydrogen (secondary N) is 1. The molecule has 2 aromatic carbocycles. The first kappa shape index (κ1) is 20.2. The first-order valence-corrected chi connectivity index (χ1v) is 9.78. The lowest BCUT2D eigenvalue weighted by atomic mass is 10.1. The maximum atomic E-state index is 12.9. The van der Waals surface area contributed by atoms with Crippen molar-refractivity contribution in [3.63, 3.8) is 0 Å². The first-order chi connectivity index (χ1) is 14.4. The number of halogens is 3. The van der Waals surface area contributed by atoms with E-state index in [1.807, 2.05) is 4.90 Å². The SMILES string of the molecule is O=C(Nc1ccc2c(c1)OCCCO2)N1CCN(c2cccc(C(F)(F)F)c2)CC1. The Bertz CT molecular complexity index is 912. The van der Waals surface area contributed by atoms with E-state index in [4.69, 9.17) is 9.47 Å². The number of alkyl halides is 3. The molecule has 4 rings (SSSR count). The minimum atomic E-state index is -4.37. The highest BCUT2D eigenvalue weighted by molar-refractivity contribution is 5.90. The summed E-state index contributed by atoms with van der Waals surface area (Å²) >= 11 is 0. The van der Waals surface area contributed by atoms with E-state index in [0.29, 0.717) is 62.3 Å². The van der Waals surface area contributed by atoms with Crippen molar-refractivity contribution in [1.29, 1.82) is 0 Å². The van der Waals surface area contributed by atoms with Gasteiger partial charge in [-0.1, -0.05) is 6.07 Å². The molecular formula is C21H22F3N3O3. The van der Waals surface area contributed by atoms with Crippen molar-refractivity contribution in [2.24, 2.45) is 0 Å². The Hall–Kier alpha value is -3.10. The van der Waals surface area contributed by atoms with Crippen molar-refractivity contribution in [2.45, 2.75) is 12.6 Å². The number of rotatable bonds is 2. The van der Waals surface area contributed by atoms with Gasteiger partial charge in [0.05, 0.1) is 18.8 Å². The van der Waals surface area contributed by atoms with E-state index < -0.39 is 11.7 Å². The molecule has 30 heavy (non-hydrogen) atoms. The van der Waals surface area contributed by atoms with Crippen LogP contribution < -0.4 is 19.7 Å². The van der Waals surface area contributed by atoms with Gasteiger partial charge in [-0.15, -0.1) is 0 Å². The topological polar surface area (TPSA) is 54.0 Å². The number of piperazine rings is 1. The van der Waals surface area contributed by atoms with E-state index in [0.717, 1.165) is 18.6 Å². The average Bonchev–Trinajstić information content (AvgIpc) is 2.98. The highest BCUT2D eigenvalue weighted by Gasteiger charge is 2.31. The number of benzene rings is 2. The Morgan fingerprint density at radius 1 is 0.933 bits per heavy atom. The molecule has 6 nitrogen and oxygen atoms in total. The summed E-state index contributed by atoms with van der Waals surface area (Å²) in [6, 6.07) is 10.3. The van der Waals surface area contributed by atoms with Crippen molar-refractivity contribution in [1.82, 2.24) is 4.90 Å². The van der Waals surface area contributed by atoms with Crippen LogP contribution in [0.4, 0.5) is 29.3 Å². The van der Waals surface area contributed by atoms with Gasteiger partial charge in [0.15, 0.2) is 11.5 Å². The van der Waals surface area contributed by atoms with Gasteiger partial charge >= 0.3 is 12.2 Å². The van der Waals surface area contributed by atoms with Crippen LogP contribution >= 0.6 is 0 Å². The molecule has 0 radical (unpaired) electrons. The lowest BCUT2D eigenvalue weighted by Gasteiger charge is -2.36. The smallest absolute Gasteiger partial charge is 0.416 e. The van der Waals surface area contributed by atoms with Gasteiger partial charge in [0.2, 0.25) is 0 Å². The minimum absolute atomic E-state index is 0.256. The molecule has 2 aromatic rings. The Labute approximate surface area is 172 Å². The van der Waals surface area contributed by atoms with E-state index in [2.05, 4.69) is 5.32 Å². The highest BCUT2D eigenvalue weighted by atomic mass is 19.4. The summed E-state index contributed by atoms with van der Waals surface area (Å²) in [6.07, 6.45) is -3.58. The normalized spacial score (nSPS) is 16.8. The maximum absolute atomic E-state index is 12.9. The molecule has 0 aliphatic carbocycles.